The van der Waals surface area contributed by atoms with Gasteiger partial charge in [-0.3, -0.25) is 9.36 Å². The van der Waals surface area contributed by atoms with Gasteiger partial charge in [0.15, 0.2) is 17.4 Å². The lowest BCUT2D eigenvalue weighted by Crippen LogP contribution is -2.06. The quantitative estimate of drug-likeness (QED) is 0.143. The summed E-state index contributed by atoms with van der Waals surface area (Å²) in [6.45, 7) is 0. The molecule has 0 spiro atoms. The molecule has 0 unspecified atom stereocenters. The van der Waals surface area contributed by atoms with E-state index in [1.54, 1.807) is 0 Å². The second-order valence-electron chi connectivity index (χ2n) is 16.0. The van der Waals surface area contributed by atoms with Crippen molar-refractivity contribution in [1.82, 2.24) is 24.1 Å². The van der Waals surface area contributed by atoms with Crippen LogP contribution in [0.4, 0.5) is 0 Å². The zero-order valence-corrected chi connectivity index (χ0v) is 34.5. The Morgan fingerprint density at radius 3 is 1.30 bits per heavy atom. The van der Waals surface area contributed by atoms with Crippen LogP contribution in [-0.4, -0.2) is 29.9 Å². The van der Waals surface area contributed by atoms with E-state index >= 15 is 0 Å². The first-order chi connectivity index (χ1) is 31.6. The fourth-order valence-corrected chi connectivity index (χ4v) is 9.07. The molecule has 64 heavy (non-hydrogen) atoms. The van der Waals surface area contributed by atoms with Gasteiger partial charge in [-0.15, -0.1) is 0 Å². The molecule has 0 amide bonds. The molecule has 0 saturated carbocycles. The number of ketones is 1. The molecule has 0 radical (unpaired) electrons. The van der Waals surface area contributed by atoms with Crippen molar-refractivity contribution < 1.29 is 4.79 Å². The second kappa shape index (κ2) is 15.3. The highest BCUT2D eigenvalue weighted by atomic mass is 16.1. The largest absolute Gasteiger partial charge is 0.309 e. The number of hydrogen-bond acceptors (Lipinski definition) is 4. The van der Waals surface area contributed by atoms with Crippen LogP contribution in [0.1, 0.15) is 15.9 Å². The number of carbonyl (C=O) groups is 1. The summed E-state index contributed by atoms with van der Waals surface area (Å²) in [4.78, 5) is 28.5. The zero-order valence-electron chi connectivity index (χ0n) is 34.5. The first-order valence-electron chi connectivity index (χ1n) is 21.4. The lowest BCUT2D eigenvalue weighted by Gasteiger charge is -2.11. The topological polar surface area (TPSA) is 65.6 Å². The van der Waals surface area contributed by atoms with Crippen LogP contribution in [0.15, 0.2) is 224 Å². The van der Waals surface area contributed by atoms with Gasteiger partial charge in [0.05, 0.1) is 22.1 Å². The van der Waals surface area contributed by atoms with E-state index < -0.39 is 0 Å². The molecule has 0 atom stereocenters. The van der Waals surface area contributed by atoms with Crippen LogP contribution in [-0.2, 0) is 0 Å². The lowest BCUT2D eigenvalue weighted by atomic mass is 9.98. The van der Waals surface area contributed by atoms with Gasteiger partial charge in [-0.2, -0.15) is 9.97 Å². The standard InChI is InChI=1S/C58H37N5O/c64-55(40-14-4-1-5-15-40)41-28-30-43(31-29-41)57-59-56(42-16-6-2-7-17-42)60-58(61-57)63-52-23-13-11-21-48(52)50-37-45(33-35-54(50)63)39-26-24-38(25-27-39)44-32-34-53-49(36-44)47-20-10-12-22-51(47)62(53)46-18-8-3-9-19-46/h1-37H. The van der Waals surface area contributed by atoms with Gasteiger partial charge in [0, 0.05) is 49.5 Å². The van der Waals surface area contributed by atoms with Gasteiger partial charge in [-0.25, -0.2) is 4.98 Å². The normalized spacial score (nSPS) is 11.5. The smallest absolute Gasteiger partial charge is 0.238 e. The number of hydrogen-bond donors (Lipinski definition) is 0. The molecule has 12 rings (SSSR count). The Kier molecular flexibility index (Phi) is 8.87. The average Bonchev–Trinajstić information content (AvgIpc) is 3.89. The predicted molar refractivity (Wildman–Crippen MR) is 260 cm³/mol. The molecule has 0 bridgehead atoms. The lowest BCUT2D eigenvalue weighted by molar-refractivity contribution is 0.103. The number of benzene rings is 9. The molecule has 6 nitrogen and oxygen atoms in total. The summed E-state index contributed by atoms with van der Waals surface area (Å²) >= 11 is 0. The number of aromatic nitrogens is 5. The molecular formula is C58H37N5O. The van der Waals surface area contributed by atoms with Crippen molar-refractivity contribution in [2.24, 2.45) is 0 Å². The third kappa shape index (κ3) is 6.36. The van der Waals surface area contributed by atoms with E-state index in [1.165, 1.54) is 27.4 Å². The summed E-state index contributed by atoms with van der Waals surface area (Å²) in [5.41, 5.74) is 13.0. The minimum absolute atomic E-state index is 0.0319. The maximum absolute atomic E-state index is 13.2. The Labute approximate surface area is 369 Å². The van der Waals surface area contributed by atoms with Crippen molar-refractivity contribution >= 4 is 49.4 Å². The van der Waals surface area contributed by atoms with Gasteiger partial charge in [-0.05, 0) is 70.8 Å². The van der Waals surface area contributed by atoms with Crippen molar-refractivity contribution in [3.05, 3.63) is 236 Å². The van der Waals surface area contributed by atoms with Crippen LogP contribution in [0.3, 0.4) is 0 Å². The summed E-state index contributed by atoms with van der Waals surface area (Å²) in [7, 11) is 0. The molecule has 0 fully saturated rings. The van der Waals surface area contributed by atoms with E-state index in [4.69, 9.17) is 15.0 Å². The molecule has 3 aromatic heterocycles. The maximum Gasteiger partial charge on any atom is 0.238 e. The highest BCUT2D eigenvalue weighted by Gasteiger charge is 2.19. The van der Waals surface area contributed by atoms with Crippen LogP contribution in [0.25, 0.3) is 100 Å². The van der Waals surface area contributed by atoms with E-state index in [-0.39, 0.29) is 5.78 Å². The van der Waals surface area contributed by atoms with Crippen molar-refractivity contribution in [2.45, 2.75) is 0 Å². The Balaban J connectivity index is 0.923. The molecule has 6 heteroatoms. The third-order valence-corrected chi connectivity index (χ3v) is 12.2. The average molecular weight is 820 g/mol. The molecule has 3 heterocycles. The number of rotatable bonds is 8. The summed E-state index contributed by atoms with van der Waals surface area (Å²) in [6.07, 6.45) is 0. The molecule has 0 aliphatic rings. The van der Waals surface area contributed by atoms with E-state index in [2.05, 4.69) is 149 Å². The minimum atomic E-state index is -0.0319. The summed E-state index contributed by atoms with van der Waals surface area (Å²) in [5.74, 6) is 1.57. The zero-order chi connectivity index (χ0) is 42.6. The number of carbonyl (C=O) groups excluding carboxylic acids is 1. The van der Waals surface area contributed by atoms with E-state index in [0.29, 0.717) is 28.7 Å². The highest BCUT2D eigenvalue weighted by molar-refractivity contribution is 6.12. The van der Waals surface area contributed by atoms with E-state index in [1.807, 2.05) is 84.9 Å². The van der Waals surface area contributed by atoms with E-state index in [0.717, 1.165) is 55.3 Å². The van der Waals surface area contributed by atoms with Crippen molar-refractivity contribution in [2.75, 3.05) is 0 Å². The van der Waals surface area contributed by atoms with Crippen LogP contribution in [0, 0.1) is 0 Å². The van der Waals surface area contributed by atoms with Crippen LogP contribution in [0.5, 0.6) is 0 Å². The molecule has 12 aromatic rings. The summed E-state index contributed by atoms with van der Waals surface area (Å²) in [6, 6.07) is 76.8. The van der Waals surface area contributed by atoms with Gasteiger partial charge < -0.3 is 4.57 Å². The molecule has 0 saturated heterocycles. The number of nitrogens with zero attached hydrogens (tertiary/aromatic N) is 5. The van der Waals surface area contributed by atoms with Crippen molar-refractivity contribution in [1.29, 1.82) is 0 Å². The van der Waals surface area contributed by atoms with Gasteiger partial charge in [0.1, 0.15) is 0 Å². The molecule has 0 aliphatic carbocycles. The summed E-state index contributed by atoms with van der Waals surface area (Å²) in [5, 5.41) is 4.68. The SMILES string of the molecule is O=C(c1ccccc1)c1ccc(-c2nc(-c3ccccc3)nc(-n3c4ccccc4c4cc(-c5ccc(-c6ccc7c(c6)c6ccccc6n7-c6ccccc6)cc5)ccc43)n2)cc1. The van der Waals surface area contributed by atoms with Crippen LogP contribution in [0.2, 0.25) is 0 Å². The van der Waals surface area contributed by atoms with Gasteiger partial charge in [0.25, 0.3) is 0 Å². The molecular weight excluding hydrogens is 783 g/mol. The molecule has 9 aromatic carbocycles. The molecule has 300 valence electrons. The van der Waals surface area contributed by atoms with Crippen LogP contribution < -0.4 is 0 Å². The third-order valence-electron chi connectivity index (χ3n) is 12.2. The minimum Gasteiger partial charge on any atom is -0.309 e. The highest BCUT2D eigenvalue weighted by Crippen LogP contribution is 2.38. The Morgan fingerprint density at radius 2 is 0.719 bits per heavy atom. The van der Waals surface area contributed by atoms with Crippen molar-refractivity contribution in [3.8, 4) is 56.7 Å². The Hall–Kier alpha value is -8.74. The first-order valence-corrected chi connectivity index (χ1v) is 21.4. The van der Waals surface area contributed by atoms with Gasteiger partial charge in [-0.1, -0.05) is 176 Å². The molecule has 0 N–H and O–H groups in total. The Morgan fingerprint density at radius 1 is 0.312 bits per heavy atom. The Bertz CT molecular complexity index is 3710. The monoisotopic (exact) mass is 819 g/mol. The fraction of sp³-hybridized carbons (Fsp3) is 0. The fourth-order valence-electron chi connectivity index (χ4n) is 9.07. The maximum atomic E-state index is 13.2. The predicted octanol–water partition coefficient (Wildman–Crippen LogP) is 14.0. The number of fused-ring (bicyclic) bond motifs is 6. The van der Waals surface area contributed by atoms with E-state index in [9.17, 15) is 4.79 Å². The second-order valence-corrected chi connectivity index (χ2v) is 16.0. The van der Waals surface area contributed by atoms with Crippen molar-refractivity contribution in [3.63, 3.8) is 0 Å². The van der Waals surface area contributed by atoms with Gasteiger partial charge in [0.2, 0.25) is 5.95 Å². The molecule has 0 aliphatic heterocycles. The van der Waals surface area contributed by atoms with Crippen LogP contribution >= 0.6 is 0 Å². The number of para-hydroxylation sites is 3. The van der Waals surface area contributed by atoms with Gasteiger partial charge >= 0.3 is 0 Å². The first kappa shape index (κ1) is 37.1. The summed E-state index contributed by atoms with van der Waals surface area (Å²) < 4.78 is 4.48.